The maximum atomic E-state index is 5.78. The summed E-state index contributed by atoms with van der Waals surface area (Å²) in [6.45, 7) is 13.4. The minimum atomic E-state index is 0.411. The van der Waals surface area contributed by atoms with E-state index in [9.17, 15) is 0 Å². The van der Waals surface area contributed by atoms with Gasteiger partial charge in [-0.3, -0.25) is 4.90 Å². The summed E-state index contributed by atoms with van der Waals surface area (Å²) in [4.78, 5) is 9.91. The lowest BCUT2D eigenvalue weighted by Gasteiger charge is -2.34. The Hall–Kier alpha value is -1.59. The van der Waals surface area contributed by atoms with Gasteiger partial charge < -0.3 is 15.0 Å². The van der Waals surface area contributed by atoms with Crippen LogP contribution in [-0.4, -0.2) is 60.7 Å². The summed E-state index contributed by atoms with van der Waals surface area (Å²) >= 11 is 0. The quantitative estimate of drug-likeness (QED) is 0.554. The van der Waals surface area contributed by atoms with Crippen LogP contribution in [0.4, 0.5) is 0 Å². The molecule has 1 aromatic rings. The van der Waals surface area contributed by atoms with Crippen molar-refractivity contribution < 1.29 is 4.74 Å². The Morgan fingerprint density at radius 3 is 2.41 bits per heavy atom. The summed E-state index contributed by atoms with van der Waals surface area (Å²) in [6, 6.07) is 9.78. The van der Waals surface area contributed by atoms with Crippen LogP contribution in [-0.2, 0) is 17.8 Å². The third-order valence-electron chi connectivity index (χ3n) is 6.24. The van der Waals surface area contributed by atoms with E-state index in [4.69, 9.17) is 9.73 Å². The Balaban J connectivity index is 1.54. The highest BCUT2D eigenvalue weighted by Crippen LogP contribution is 2.19. The first-order valence-corrected chi connectivity index (χ1v) is 11.7. The summed E-state index contributed by atoms with van der Waals surface area (Å²) in [5.74, 6) is 1.04. The molecule has 5 heteroatoms. The third-order valence-corrected chi connectivity index (χ3v) is 6.24. The Kier molecular flexibility index (Phi) is 8.81. The Bertz CT molecular complexity index is 622. The number of aliphatic imine (C=N–C) groups is 1. The van der Waals surface area contributed by atoms with Crippen molar-refractivity contribution in [2.45, 2.75) is 78.1 Å². The molecule has 2 fully saturated rings. The summed E-state index contributed by atoms with van der Waals surface area (Å²) < 4.78 is 5.78. The fraction of sp³-hybridized carbons (Fsp3) is 0.708. The lowest BCUT2D eigenvalue weighted by Crippen LogP contribution is -2.47. The maximum Gasteiger partial charge on any atom is 0.194 e. The van der Waals surface area contributed by atoms with Gasteiger partial charge in [0, 0.05) is 38.8 Å². The van der Waals surface area contributed by atoms with E-state index in [-0.39, 0.29) is 0 Å². The minimum absolute atomic E-state index is 0.411. The highest BCUT2D eigenvalue weighted by molar-refractivity contribution is 5.80. The molecule has 3 rings (SSSR count). The van der Waals surface area contributed by atoms with Gasteiger partial charge in [0.25, 0.3) is 0 Å². The second kappa shape index (κ2) is 11.6. The van der Waals surface area contributed by atoms with Crippen LogP contribution in [0.3, 0.4) is 0 Å². The highest BCUT2D eigenvalue weighted by atomic mass is 16.5. The first-order chi connectivity index (χ1) is 14.2. The van der Waals surface area contributed by atoms with Crippen LogP contribution < -0.4 is 5.32 Å². The van der Waals surface area contributed by atoms with Crippen molar-refractivity contribution in [3.8, 4) is 0 Å². The number of hydrogen-bond acceptors (Lipinski definition) is 3. The molecule has 0 spiro atoms. The molecule has 5 nitrogen and oxygen atoms in total. The van der Waals surface area contributed by atoms with E-state index in [1.807, 2.05) is 0 Å². The molecule has 0 aliphatic carbocycles. The smallest absolute Gasteiger partial charge is 0.194 e. The Morgan fingerprint density at radius 1 is 1.03 bits per heavy atom. The summed E-state index contributed by atoms with van der Waals surface area (Å²) in [5.41, 5.74) is 2.69. The van der Waals surface area contributed by atoms with Crippen molar-refractivity contribution in [2.75, 3.05) is 32.8 Å². The molecule has 2 aliphatic heterocycles. The third kappa shape index (κ3) is 6.71. The standard InChI is InChI=1S/C24H40N4O/c1-4-25-24(27-16-13-23(14-17-27)29-5-2)26-18-21-9-11-22(12-10-21)19-28-15-7-6-8-20(28)3/h9-12,20,23H,4-8,13-19H2,1-3H3,(H,25,26). The zero-order valence-electron chi connectivity index (χ0n) is 18.7. The molecule has 1 unspecified atom stereocenters. The van der Waals surface area contributed by atoms with Crippen LogP contribution in [0.2, 0.25) is 0 Å². The van der Waals surface area contributed by atoms with E-state index in [2.05, 4.69) is 60.2 Å². The second-order valence-electron chi connectivity index (χ2n) is 8.44. The molecule has 0 bridgehead atoms. The maximum absolute atomic E-state index is 5.78. The highest BCUT2D eigenvalue weighted by Gasteiger charge is 2.21. The topological polar surface area (TPSA) is 40.1 Å². The molecule has 2 saturated heterocycles. The molecule has 0 saturated carbocycles. The van der Waals surface area contributed by atoms with Gasteiger partial charge in [0.05, 0.1) is 12.6 Å². The molecule has 1 aromatic carbocycles. The van der Waals surface area contributed by atoms with Crippen molar-refractivity contribution in [1.29, 1.82) is 0 Å². The molecule has 2 heterocycles. The lowest BCUT2D eigenvalue weighted by molar-refractivity contribution is 0.0263. The largest absolute Gasteiger partial charge is 0.378 e. The van der Waals surface area contributed by atoms with E-state index >= 15 is 0 Å². The van der Waals surface area contributed by atoms with Crippen LogP contribution in [0.1, 0.15) is 64.0 Å². The molecule has 2 aliphatic rings. The number of benzene rings is 1. The molecule has 29 heavy (non-hydrogen) atoms. The lowest BCUT2D eigenvalue weighted by atomic mass is 10.0. The average Bonchev–Trinajstić information content (AvgIpc) is 2.75. The molecule has 0 amide bonds. The van der Waals surface area contributed by atoms with Crippen molar-refractivity contribution >= 4 is 5.96 Å². The van der Waals surface area contributed by atoms with E-state index in [1.54, 1.807) is 0 Å². The zero-order valence-corrected chi connectivity index (χ0v) is 18.7. The van der Waals surface area contributed by atoms with Gasteiger partial charge in [0.2, 0.25) is 0 Å². The predicted octanol–water partition coefficient (Wildman–Crippen LogP) is 4.03. The van der Waals surface area contributed by atoms with Crippen molar-refractivity contribution in [3.63, 3.8) is 0 Å². The molecular formula is C24H40N4O. The van der Waals surface area contributed by atoms with Gasteiger partial charge in [-0.2, -0.15) is 0 Å². The van der Waals surface area contributed by atoms with Crippen LogP contribution in [0.5, 0.6) is 0 Å². The van der Waals surface area contributed by atoms with Crippen LogP contribution in [0, 0.1) is 0 Å². The fourth-order valence-corrected chi connectivity index (χ4v) is 4.44. The number of ether oxygens (including phenoxy) is 1. The average molecular weight is 401 g/mol. The van der Waals surface area contributed by atoms with Gasteiger partial charge in [-0.05, 0) is 64.1 Å². The van der Waals surface area contributed by atoms with Gasteiger partial charge in [-0.15, -0.1) is 0 Å². The molecule has 0 radical (unpaired) electrons. The van der Waals surface area contributed by atoms with Crippen LogP contribution in [0.15, 0.2) is 29.3 Å². The first kappa shape index (κ1) is 22.1. The van der Waals surface area contributed by atoms with E-state index in [0.29, 0.717) is 12.1 Å². The minimum Gasteiger partial charge on any atom is -0.378 e. The second-order valence-corrected chi connectivity index (χ2v) is 8.44. The number of guanidine groups is 1. The van der Waals surface area contributed by atoms with Crippen LogP contribution >= 0.6 is 0 Å². The Labute approximate surface area is 177 Å². The summed E-state index contributed by atoms with van der Waals surface area (Å²) in [5, 5.41) is 3.47. The number of likely N-dealkylation sites (tertiary alicyclic amines) is 2. The van der Waals surface area contributed by atoms with Gasteiger partial charge in [-0.1, -0.05) is 30.7 Å². The van der Waals surface area contributed by atoms with Crippen molar-refractivity contribution in [1.82, 2.24) is 15.1 Å². The number of nitrogens with zero attached hydrogens (tertiary/aromatic N) is 3. The Morgan fingerprint density at radius 2 is 1.76 bits per heavy atom. The number of hydrogen-bond donors (Lipinski definition) is 1. The van der Waals surface area contributed by atoms with Gasteiger partial charge in [0.1, 0.15) is 0 Å². The van der Waals surface area contributed by atoms with E-state index in [0.717, 1.165) is 58.1 Å². The van der Waals surface area contributed by atoms with Crippen molar-refractivity contribution in [3.05, 3.63) is 35.4 Å². The molecule has 0 aromatic heterocycles. The molecule has 1 atom stereocenters. The van der Waals surface area contributed by atoms with Gasteiger partial charge in [-0.25, -0.2) is 4.99 Å². The molecule has 1 N–H and O–H groups in total. The van der Waals surface area contributed by atoms with Crippen LogP contribution in [0.25, 0.3) is 0 Å². The van der Waals surface area contributed by atoms with Gasteiger partial charge in [0.15, 0.2) is 5.96 Å². The normalized spacial score (nSPS) is 22.1. The van der Waals surface area contributed by atoms with Gasteiger partial charge >= 0.3 is 0 Å². The number of piperidine rings is 2. The number of rotatable bonds is 7. The predicted molar refractivity (Wildman–Crippen MR) is 121 cm³/mol. The first-order valence-electron chi connectivity index (χ1n) is 11.7. The van der Waals surface area contributed by atoms with E-state index < -0.39 is 0 Å². The SMILES string of the molecule is CCNC(=NCc1ccc(CN2CCCCC2C)cc1)N1CCC(OCC)CC1. The van der Waals surface area contributed by atoms with Crippen molar-refractivity contribution in [2.24, 2.45) is 4.99 Å². The summed E-state index contributed by atoms with van der Waals surface area (Å²) in [7, 11) is 0. The number of nitrogens with one attached hydrogen (secondary N) is 1. The van der Waals surface area contributed by atoms with E-state index in [1.165, 1.54) is 36.9 Å². The summed E-state index contributed by atoms with van der Waals surface area (Å²) in [6.07, 6.45) is 6.64. The fourth-order valence-electron chi connectivity index (χ4n) is 4.44. The molecular weight excluding hydrogens is 360 g/mol. The molecule has 162 valence electrons. The monoisotopic (exact) mass is 400 g/mol. The zero-order chi connectivity index (χ0) is 20.5.